The topological polar surface area (TPSA) is 93.1 Å². The number of carbonyl (C=O) groups is 3. The fraction of sp³-hybridized carbons (Fsp3) is 0.389. The molecule has 1 aromatic rings. The first kappa shape index (κ1) is 19.8. The minimum atomic E-state index is -0.619. The standard InChI is InChI=1S/C18H21NO6S/c1-4-11(3)25-16(21)10-19-17(22)15(26-18(19)23)9-12-6-7-13(20)14(8-12)24-5-2/h6-9,11,20H,4-5,10H2,1-3H3/b15-9+/t11-/m0/s1. The van der Waals surface area contributed by atoms with Crippen LogP contribution in [0.25, 0.3) is 6.08 Å². The van der Waals surface area contributed by atoms with Gasteiger partial charge in [0.05, 0.1) is 17.6 Å². The maximum Gasteiger partial charge on any atom is 0.326 e. The summed E-state index contributed by atoms with van der Waals surface area (Å²) in [6, 6.07) is 4.62. The van der Waals surface area contributed by atoms with Crippen LogP contribution in [0, 0.1) is 0 Å². The molecule has 1 fully saturated rings. The number of ether oxygens (including phenoxy) is 2. The number of phenolic OH excluding ortho intramolecular Hbond substituents is 1. The Labute approximate surface area is 156 Å². The van der Waals surface area contributed by atoms with Crippen molar-refractivity contribution in [2.75, 3.05) is 13.2 Å². The smallest absolute Gasteiger partial charge is 0.326 e. The Morgan fingerprint density at radius 3 is 2.73 bits per heavy atom. The molecule has 140 valence electrons. The summed E-state index contributed by atoms with van der Waals surface area (Å²) in [4.78, 5) is 37.4. The summed E-state index contributed by atoms with van der Waals surface area (Å²) in [6.07, 6.45) is 1.90. The highest BCUT2D eigenvalue weighted by atomic mass is 32.2. The van der Waals surface area contributed by atoms with Gasteiger partial charge in [0.1, 0.15) is 6.54 Å². The van der Waals surface area contributed by atoms with Gasteiger partial charge in [0.25, 0.3) is 11.1 Å². The molecule has 8 heteroatoms. The molecule has 1 aromatic carbocycles. The van der Waals surface area contributed by atoms with Crippen LogP contribution in [0.15, 0.2) is 23.1 Å². The van der Waals surface area contributed by atoms with Crippen molar-refractivity contribution in [2.45, 2.75) is 33.3 Å². The lowest BCUT2D eigenvalue weighted by molar-refractivity contribution is -0.150. The normalized spacial score (nSPS) is 16.9. The molecule has 1 atom stereocenters. The van der Waals surface area contributed by atoms with Crippen LogP contribution in [0.4, 0.5) is 4.79 Å². The number of hydrogen-bond donors (Lipinski definition) is 1. The van der Waals surface area contributed by atoms with Crippen molar-refractivity contribution in [3.63, 3.8) is 0 Å². The lowest BCUT2D eigenvalue weighted by Crippen LogP contribution is -2.35. The molecule has 1 heterocycles. The summed E-state index contributed by atoms with van der Waals surface area (Å²) in [5.74, 6) is -0.888. The molecule has 0 radical (unpaired) electrons. The van der Waals surface area contributed by atoms with Crippen molar-refractivity contribution in [2.24, 2.45) is 0 Å². The van der Waals surface area contributed by atoms with Crippen LogP contribution in [-0.2, 0) is 14.3 Å². The predicted molar refractivity (Wildman–Crippen MR) is 97.8 cm³/mol. The number of thioether (sulfide) groups is 1. The van der Waals surface area contributed by atoms with Crippen LogP contribution in [0.1, 0.15) is 32.8 Å². The van der Waals surface area contributed by atoms with Crippen molar-refractivity contribution in [1.82, 2.24) is 4.90 Å². The molecule has 0 unspecified atom stereocenters. The fourth-order valence-corrected chi connectivity index (χ4v) is 2.99. The number of benzene rings is 1. The highest BCUT2D eigenvalue weighted by molar-refractivity contribution is 8.18. The van der Waals surface area contributed by atoms with E-state index in [1.807, 2.05) is 6.92 Å². The Kier molecular flexibility index (Phi) is 6.68. The monoisotopic (exact) mass is 379 g/mol. The van der Waals surface area contributed by atoms with Crippen molar-refractivity contribution in [3.8, 4) is 11.5 Å². The second kappa shape index (κ2) is 8.75. The van der Waals surface area contributed by atoms with Crippen molar-refractivity contribution in [1.29, 1.82) is 0 Å². The molecule has 2 amide bonds. The van der Waals surface area contributed by atoms with Crippen LogP contribution < -0.4 is 4.74 Å². The summed E-state index contributed by atoms with van der Waals surface area (Å²) in [5.41, 5.74) is 0.596. The van der Waals surface area contributed by atoms with E-state index in [-0.39, 0.29) is 22.5 Å². The SMILES string of the molecule is CCOc1cc(/C=C2/SC(=O)N(CC(=O)O[C@@H](C)CC)C2=O)ccc1O. The molecule has 26 heavy (non-hydrogen) atoms. The van der Waals surface area contributed by atoms with Crippen LogP contribution in [0.5, 0.6) is 11.5 Å². The largest absolute Gasteiger partial charge is 0.504 e. The molecule has 1 saturated heterocycles. The number of rotatable bonds is 7. The maximum atomic E-state index is 12.4. The number of hydrogen-bond acceptors (Lipinski definition) is 7. The molecule has 0 saturated carbocycles. The molecule has 0 aromatic heterocycles. The average molecular weight is 379 g/mol. The molecule has 7 nitrogen and oxygen atoms in total. The van der Waals surface area contributed by atoms with Gasteiger partial charge in [-0.1, -0.05) is 13.0 Å². The summed E-state index contributed by atoms with van der Waals surface area (Å²) in [6.45, 7) is 5.37. The minimum absolute atomic E-state index is 0.00936. The Hall–Kier alpha value is -2.48. The van der Waals surface area contributed by atoms with Crippen molar-refractivity contribution >= 4 is 35.0 Å². The number of nitrogens with zero attached hydrogens (tertiary/aromatic N) is 1. The molecule has 0 aliphatic carbocycles. The Morgan fingerprint density at radius 1 is 1.35 bits per heavy atom. The van der Waals surface area contributed by atoms with Gasteiger partial charge in [0.2, 0.25) is 0 Å². The third-order valence-corrected chi connectivity index (χ3v) is 4.56. The minimum Gasteiger partial charge on any atom is -0.504 e. The van der Waals surface area contributed by atoms with E-state index in [1.54, 1.807) is 26.0 Å². The summed E-state index contributed by atoms with van der Waals surface area (Å²) < 4.78 is 10.4. The molecule has 0 spiro atoms. The summed E-state index contributed by atoms with van der Waals surface area (Å²) >= 11 is 0.754. The third kappa shape index (κ3) is 4.78. The van der Waals surface area contributed by atoms with E-state index in [0.717, 1.165) is 16.7 Å². The molecular weight excluding hydrogens is 358 g/mol. The molecule has 1 aliphatic heterocycles. The van der Waals surface area contributed by atoms with Gasteiger partial charge in [-0.25, -0.2) is 0 Å². The van der Waals surface area contributed by atoms with E-state index < -0.39 is 23.7 Å². The predicted octanol–water partition coefficient (Wildman–Crippen LogP) is 3.17. The van der Waals surface area contributed by atoms with Crippen LogP contribution in [0.2, 0.25) is 0 Å². The maximum absolute atomic E-state index is 12.4. The molecule has 0 bridgehead atoms. The first-order valence-corrected chi connectivity index (χ1v) is 9.08. The lowest BCUT2D eigenvalue weighted by Gasteiger charge is -2.14. The van der Waals surface area contributed by atoms with Crippen molar-refractivity contribution < 1.29 is 29.0 Å². The van der Waals surface area contributed by atoms with Gasteiger partial charge in [-0.2, -0.15) is 0 Å². The van der Waals surface area contributed by atoms with E-state index in [0.29, 0.717) is 18.6 Å². The Morgan fingerprint density at radius 2 is 2.08 bits per heavy atom. The molecule has 1 aliphatic rings. The zero-order valence-corrected chi connectivity index (χ0v) is 15.7. The zero-order chi connectivity index (χ0) is 19.3. The number of imide groups is 1. The average Bonchev–Trinajstić information content (AvgIpc) is 2.85. The first-order valence-electron chi connectivity index (χ1n) is 8.26. The van der Waals surface area contributed by atoms with Gasteiger partial charge in [-0.05, 0) is 55.8 Å². The van der Waals surface area contributed by atoms with Crippen LogP contribution in [-0.4, -0.2) is 46.4 Å². The second-order valence-electron chi connectivity index (χ2n) is 5.64. The Balaban J connectivity index is 2.14. The van der Waals surface area contributed by atoms with Gasteiger partial charge in [-0.3, -0.25) is 19.3 Å². The third-order valence-electron chi connectivity index (χ3n) is 3.65. The van der Waals surface area contributed by atoms with E-state index in [4.69, 9.17) is 9.47 Å². The van der Waals surface area contributed by atoms with E-state index in [1.165, 1.54) is 12.1 Å². The summed E-state index contributed by atoms with van der Waals surface area (Å²) in [5, 5.41) is 9.20. The second-order valence-corrected chi connectivity index (χ2v) is 6.63. The van der Waals surface area contributed by atoms with Gasteiger partial charge < -0.3 is 14.6 Å². The molecular formula is C18H21NO6S. The zero-order valence-electron chi connectivity index (χ0n) is 14.9. The highest BCUT2D eigenvalue weighted by Gasteiger charge is 2.36. The van der Waals surface area contributed by atoms with Gasteiger partial charge >= 0.3 is 5.97 Å². The van der Waals surface area contributed by atoms with Crippen molar-refractivity contribution in [3.05, 3.63) is 28.7 Å². The molecule has 1 N–H and O–H groups in total. The van der Waals surface area contributed by atoms with Gasteiger partial charge in [-0.15, -0.1) is 0 Å². The van der Waals surface area contributed by atoms with Crippen LogP contribution in [0.3, 0.4) is 0 Å². The number of carbonyl (C=O) groups excluding carboxylic acids is 3. The number of aromatic hydroxyl groups is 1. The Bertz CT molecular complexity index is 745. The molecule has 2 rings (SSSR count). The first-order chi connectivity index (χ1) is 12.3. The van der Waals surface area contributed by atoms with Crippen LogP contribution >= 0.6 is 11.8 Å². The van der Waals surface area contributed by atoms with Gasteiger partial charge in [0.15, 0.2) is 11.5 Å². The van der Waals surface area contributed by atoms with E-state index in [9.17, 15) is 19.5 Å². The number of phenols is 1. The highest BCUT2D eigenvalue weighted by Crippen LogP contribution is 2.34. The summed E-state index contributed by atoms with van der Waals surface area (Å²) in [7, 11) is 0. The van der Waals surface area contributed by atoms with E-state index in [2.05, 4.69) is 0 Å². The van der Waals surface area contributed by atoms with E-state index >= 15 is 0 Å². The number of amides is 2. The quantitative estimate of drug-likeness (QED) is 0.574. The lowest BCUT2D eigenvalue weighted by atomic mass is 10.2. The fourth-order valence-electron chi connectivity index (χ4n) is 2.15. The number of esters is 1. The van der Waals surface area contributed by atoms with Gasteiger partial charge in [0, 0.05) is 0 Å².